The molecule has 0 spiro atoms. The Bertz CT molecular complexity index is 533. The summed E-state index contributed by atoms with van der Waals surface area (Å²) in [6.45, 7) is 2.01. The molecule has 0 aliphatic carbocycles. The van der Waals surface area contributed by atoms with E-state index in [0.29, 0.717) is 18.1 Å². The van der Waals surface area contributed by atoms with Crippen LogP contribution in [0.3, 0.4) is 0 Å². The van der Waals surface area contributed by atoms with Crippen molar-refractivity contribution in [2.75, 3.05) is 18.0 Å². The van der Waals surface area contributed by atoms with E-state index in [1.807, 2.05) is 24.3 Å². The van der Waals surface area contributed by atoms with Gasteiger partial charge in [-0.15, -0.1) is 0 Å². The lowest BCUT2D eigenvalue weighted by Crippen LogP contribution is -2.29. The number of nitrogens with zero attached hydrogens (tertiary/aromatic N) is 2. The summed E-state index contributed by atoms with van der Waals surface area (Å²) in [4.78, 5) is 6.47. The van der Waals surface area contributed by atoms with Crippen molar-refractivity contribution in [1.82, 2.24) is 4.98 Å². The predicted molar refractivity (Wildman–Crippen MR) is 83.5 cm³/mol. The van der Waals surface area contributed by atoms with Crippen LogP contribution in [0.2, 0.25) is 5.02 Å². The van der Waals surface area contributed by atoms with Crippen molar-refractivity contribution >= 4 is 33.3 Å². The van der Waals surface area contributed by atoms with Crippen LogP contribution in [0.15, 0.2) is 47.1 Å². The van der Waals surface area contributed by atoms with Gasteiger partial charge in [0.1, 0.15) is 5.82 Å². The van der Waals surface area contributed by atoms with E-state index >= 15 is 0 Å². The van der Waals surface area contributed by atoms with Gasteiger partial charge in [0.15, 0.2) is 0 Å². The quantitative estimate of drug-likeness (QED) is 0.906. The van der Waals surface area contributed by atoms with Gasteiger partial charge in [-0.1, -0.05) is 41.9 Å². The first-order valence-electron chi connectivity index (χ1n) is 6.00. The zero-order valence-electron chi connectivity index (χ0n) is 10.4. The van der Waals surface area contributed by atoms with Crippen LogP contribution in [0.5, 0.6) is 0 Å². The Morgan fingerprint density at radius 3 is 2.63 bits per heavy atom. The summed E-state index contributed by atoms with van der Waals surface area (Å²) >= 11 is 9.61. The Labute approximate surface area is 126 Å². The fourth-order valence-electron chi connectivity index (χ4n) is 1.86. The summed E-state index contributed by atoms with van der Waals surface area (Å²) in [5.74, 6) is 0.763. The minimum Gasteiger partial charge on any atom is -0.350 e. The number of anilines is 1. The number of hydrogen-bond donors (Lipinski definition) is 1. The smallest absolute Gasteiger partial charge is 0.147 e. The number of hydrogen-bond acceptors (Lipinski definition) is 3. The topological polar surface area (TPSA) is 42.1 Å². The van der Waals surface area contributed by atoms with Crippen LogP contribution in [-0.4, -0.2) is 18.1 Å². The van der Waals surface area contributed by atoms with Crippen LogP contribution in [0.1, 0.15) is 5.56 Å². The van der Waals surface area contributed by atoms with E-state index in [-0.39, 0.29) is 0 Å². The first-order valence-corrected chi connectivity index (χ1v) is 7.18. The normalized spacial score (nSPS) is 10.5. The van der Waals surface area contributed by atoms with Gasteiger partial charge in [-0.25, -0.2) is 4.98 Å². The molecule has 0 radical (unpaired) electrons. The van der Waals surface area contributed by atoms with Gasteiger partial charge in [-0.2, -0.15) is 0 Å². The van der Waals surface area contributed by atoms with E-state index in [2.05, 4.69) is 37.9 Å². The molecule has 0 saturated carbocycles. The summed E-state index contributed by atoms with van der Waals surface area (Å²) in [5, 5.41) is 0.624. The molecule has 2 aromatic rings. The third-order valence-electron chi connectivity index (χ3n) is 2.70. The Morgan fingerprint density at radius 1 is 1.26 bits per heavy atom. The maximum absolute atomic E-state index is 6.25. The van der Waals surface area contributed by atoms with E-state index in [0.717, 1.165) is 16.8 Å². The van der Waals surface area contributed by atoms with Crippen LogP contribution in [-0.2, 0) is 6.54 Å². The molecular weight excluding hydrogens is 326 g/mol. The molecule has 3 nitrogen and oxygen atoms in total. The minimum absolute atomic E-state index is 0.556. The van der Waals surface area contributed by atoms with Crippen molar-refractivity contribution in [1.29, 1.82) is 0 Å². The Balaban J connectivity index is 2.24. The highest BCUT2D eigenvalue weighted by Crippen LogP contribution is 2.27. The highest BCUT2D eigenvalue weighted by molar-refractivity contribution is 9.10. The van der Waals surface area contributed by atoms with Gasteiger partial charge in [0.2, 0.25) is 0 Å². The second-order valence-corrected chi connectivity index (χ2v) is 5.48. The monoisotopic (exact) mass is 339 g/mol. The lowest BCUT2D eigenvalue weighted by molar-refractivity contribution is 0.776. The van der Waals surface area contributed by atoms with Gasteiger partial charge in [0.25, 0.3) is 0 Å². The van der Waals surface area contributed by atoms with Crippen molar-refractivity contribution in [2.24, 2.45) is 5.73 Å². The molecule has 0 amide bonds. The molecule has 19 heavy (non-hydrogen) atoms. The van der Waals surface area contributed by atoms with E-state index < -0.39 is 0 Å². The first-order chi connectivity index (χ1) is 9.20. The fraction of sp³-hybridized carbons (Fsp3) is 0.214. The largest absolute Gasteiger partial charge is 0.350 e. The standard InChI is InChI=1S/C14H15BrClN3/c15-12-8-13(16)14(18-9-12)19(7-6-17)10-11-4-2-1-3-5-11/h1-5,8-9H,6-7,10,17H2. The molecule has 0 fully saturated rings. The molecule has 100 valence electrons. The van der Waals surface area contributed by atoms with Gasteiger partial charge >= 0.3 is 0 Å². The SMILES string of the molecule is NCCN(Cc1ccccc1)c1ncc(Br)cc1Cl. The van der Waals surface area contributed by atoms with Crippen LogP contribution >= 0.6 is 27.5 Å². The van der Waals surface area contributed by atoms with Gasteiger partial charge in [0.05, 0.1) is 5.02 Å². The predicted octanol–water partition coefficient (Wildman–Crippen LogP) is 3.46. The molecule has 1 heterocycles. The maximum atomic E-state index is 6.25. The average Bonchev–Trinajstić information content (AvgIpc) is 2.39. The molecular formula is C14H15BrClN3. The molecule has 0 saturated heterocycles. The molecule has 0 atom stereocenters. The van der Waals surface area contributed by atoms with Gasteiger partial charge < -0.3 is 10.6 Å². The Hall–Kier alpha value is -1.10. The van der Waals surface area contributed by atoms with E-state index in [1.165, 1.54) is 5.56 Å². The van der Waals surface area contributed by atoms with E-state index in [9.17, 15) is 0 Å². The van der Waals surface area contributed by atoms with Crippen LogP contribution in [0.25, 0.3) is 0 Å². The first kappa shape index (κ1) is 14.3. The zero-order chi connectivity index (χ0) is 13.7. The molecule has 0 aliphatic heterocycles. The van der Waals surface area contributed by atoms with Gasteiger partial charge in [-0.05, 0) is 27.6 Å². The minimum atomic E-state index is 0.556. The molecule has 0 aliphatic rings. The highest BCUT2D eigenvalue weighted by atomic mass is 79.9. The average molecular weight is 341 g/mol. The zero-order valence-corrected chi connectivity index (χ0v) is 12.7. The second-order valence-electron chi connectivity index (χ2n) is 4.15. The summed E-state index contributed by atoms with van der Waals surface area (Å²) in [6.07, 6.45) is 1.75. The van der Waals surface area contributed by atoms with Gasteiger partial charge in [-0.3, -0.25) is 0 Å². The third-order valence-corrected chi connectivity index (χ3v) is 3.42. The number of aromatic nitrogens is 1. The molecule has 1 aromatic carbocycles. The lowest BCUT2D eigenvalue weighted by Gasteiger charge is -2.24. The molecule has 2 N–H and O–H groups in total. The highest BCUT2D eigenvalue weighted by Gasteiger charge is 2.12. The molecule has 0 bridgehead atoms. The van der Waals surface area contributed by atoms with Crippen molar-refractivity contribution in [3.8, 4) is 0 Å². The fourth-order valence-corrected chi connectivity index (χ4v) is 2.61. The van der Waals surface area contributed by atoms with Crippen molar-refractivity contribution in [2.45, 2.75) is 6.54 Å². The maximum Gasteiger partial charge on any atom is 0.147 e. The van der Waals surface area contributed by atoms with Crippen molar-refractivity contribution in [3.63, 3.8) is 0 Å². The Morgan fingerprint density at radius 2 is 2.00 bits per heavy atom. The van der Waals surface area contributed by atoms with Crippen molar-refractivity contribution in [3.05, 3.63) is 57.7 Å². The van der Waals surface area contributed by atoms with E-state index in [4.69, 9.17) is 17.3 Å². The summed E-state index contributed by atoms with van der Waals surface area (Å²) in [5.41, 5.74) is 6.88. The van der Waals surface area contributed by atoms with Crippen molar-refractivity contribution < 1.29 is 0 Å². The third kappa shape index (κ3) is 3.93. The summed E-state index contributed by atoms with van der Waals surface area (Å²) in [6, 6.07) is 12.0. The van der Waals surface area contributed by atoms with Crippen LogP contribution < -0.4 is 10.6 Å². The molecule has 0 unspecified atom stereocenters. The number of rotatable bonds is 5. The molecule has 1 aromatic heterocycles. The lowest BCUT2D eigenvalue weighted by atomic mass is 10.2. The summed E-state index contributed by atoms with van der Waals surface area (Å²) in [7, 11) is 0. The molecule has 2 rings (SSSR count). The van der Waals surface area contributed by atoms with E-state index in [1.54, 1.807) is 6.20 Å². The van der Waals surface area contributed by atoms with Gasteiger partial charge in [0, 0.05) is 30.3 Å². The number of pyridine rings is 1. The Kier molecular flexibility index (Phi) is 5.19. The van der Waals surface area contributed by atoms with Crippen LogP contribution in [0.4, 0.5) is 5.82 Å². The second kappa shape index (κ2) is 6.89. The summed E-state index contributed by atoms with van der Waals surface area (Å²) < 4.78 is 0.869. The number of benzene rings is 1. The molecule has 5 heteroatoms. The van der Waals surface area contributed by atoms with Crippen LogP contribution in [0, 0.1) is 0 Å². The number of halogens is 2. The number of nitrogens with two attached hydrogens (primary N) is 1.